The summed E-state index contributed by atoms with van der Waals surface area (Å²) in [7, 11) is 0. The molecule has 0 aliphatic carbocycles. The van der Waals surface area contributed by atoms with Crippen molar-refractivity contribution in [1.82, 2.24) is 10.6 Å². The highest BCUT2D eigenvalue weighted by Crippen LogP contribution is 2.31. The first-order valence-corrected chi connectivity index (χ1v) is 8.64. The Balaban J connectivity index is 1.75. The Kier molecular flexibility index (Phi) is 5.20. The third kappa shape index (κ3) is 3.79. The van der Waals surface area contributed by atoms with E-state index in [1.807, 2.05) is 24.3 Å². The Morgan fingerprint density at radius 1 is 1.38 bits per heavy atom. The maximum atomic E-state index is 12.6. The zero-order valence-electron chi connectivity index (χ0n) is 13.1. The van der Waals surface area contributed by atoms with Crippen LogP contribution in [0.4, 0.5) is 4.79 Å². The van der Waals surface area contributed by atoms with Crippen LogP contribution in [0.2, 0.25) is 0 Å². The number of hydrogen-bond donors (Lipinski definition) is 2. The van der Waals surface area contributed by atoms with Gasteiger partial charge in [0.05, 0.1) is 12.1 Å². The molecule has 2 aliphatic rings. The smallest absolute Gasteiger partial charge is 0.319 e. The summed E-state index contributed by atoms with van der Waals surface area (Å²) in [5.41, 5.74) is 1.15. The molecule has 1 aromatic carbocycles. The molecule has 2 heterocycles. The zero-order chi connectivity index (χ0) is 17.1. The monoisotopic (exact) mass is 394 g/mol. The van der Waals surface area contributed by atoms with E-state index in [2.05, 4.69) is 33.1 Å². The maximum absolute atomic E-state index is 12.6. The van der Waals surface area contributed by atoms with E-state index in [1.165, 1.54) is 0 Å². The van der Waals surface area contributed by atoms with Crippen LogP contribution in [0.1, 0.15) is 24.4 Å². The van der Waals surface area contributed by atoms with Crippen LogP contribution in [0, 0.1) is 5.92 Å². The Morgan fingerprint density at radius 2 is 2.12 bits per heavy atom. The topological polar surface area (TPSA) is 76.7 Å². The lowest BCUT2D eigenvalue weighted by Gasteiger charge is -2.33. The Bertz CT molecular complexity index is 640. The Morgan fingerprint density at radius 3 is 2.79 bits per heavy atom. The Hall–Kier alpha value is -1.86. The predicted molar refractivity (Wildman–Crippen MR) is 91.1 cm³/mol. The van der Waals surface area contributed by atoms with Gasteiger partial charge in [-0.3, -0.25) is 4.79 Å². The van der Waals surface area contributed by atoms with Gasteiger partial charge in [-0.15, -0.1) is 0 Å². The summed E-state index contributed by atoms with van der Waals surface area (Å²) in [6, 6.07) is 6.54. The van der Waals surface area contributed by atoms with Gasteiger partial charge in [0.25, 0.3) is 0 Å². The summed E-state index contributed by atoms with van der Waals surface area (Å²) >= 11 is 3.38. The third-order valence-electron chi connectivity index (χ3n) is 4.19. The van der Waals surface area contributed by atoms with Crippen molar-refractivity contribution in [1.29, 1.82) is 0 Å². The molecule has 6 nitrogen and oxygen atoms in total. The molecule has 0 radical (unpaired) electrons. The van der Waals surface area contributed by atoms with Crippen LogP contribution < -0.4 is 10.6 Å². The molecule has 7 heteroatoms. The van der Waals surface area contributed by atoms with E-state index < -0.39 is 17.9 Å². The van der Waals surface area contributed by atoms with Gasteiger partial charge in [-0.2, -0.15) is 0 Å². The van der Waals surface area contributed by atoms with Crippen molar-refractivity contribution in [2.75, 3.05) is 13.2 Å². The molecule has 2 N–H and O–H groups in total. The number of nitrogens with one attached hydrogen (secondary N) is 2. The van der Waals surface area contributed by atoms with Crippen molar-refractivity contribution in [2.45, 2.75) is 25.0 Å². The minimum atomic E-state index is -0.690. The average Bonchev–Trinajstić information content (AvgIpc) is 3.06. The van der Waals surface area contributed by atoms with Crippen LogP contribution in [0.25, 0.3) is 0 Å². The number of amides is 2. The van der Waals surface area contributed by atoms with Gasteiger partial charge in [0.1, 0.15) is 12.5 Å². The summed E-state index contributed by atoms with van der Waals surface area (Å²) in [6.07, 6.45) is 1.83. The quantitative estimate of drug-likeness (QED) is 0.769. The highest BCUT2D eigenvalue weighted by atomic mass is 79.9. The molecule has 2 fully saturated rings. The molecule has 3 atom stereocenters. The third-order valence-corrected chi connectivity index (χ3v) is 4.72. The summed E-state index contributed by atoms with van der Waals surface area (Å²) in [6.45, 7) is 4.76. The lowest BCUT2D eigenvalue weighted by Crippen LogP contribution is -2.51. The molecule has 0 bridgehead atoms. The number of rotatable bonds is 4. The largest absolute Gasteiger partial charge is 0.462 e. The molecule has 1 aromatic rings. The SMILES string of the molecule is C=C1NC(=O)NC(c2ccc(Br)cc2)C1C(=O)OCC1CCCO1. The first-order valence-electron chi connectivity index (χ1n) is 7.84. The fraction of sp³-hybridized carbons (Fsp3) is 0.412. The predicted octanol–water partition coefficient (Wildman–Crippen LogP) is 2.66. The molecule has 24 heavy (non-hydrogen) atoms. The minimum absolute atomic E-state index is 0.0421. The first kappa shape index (κ1) is 17.0. The van der Waals surface area contributed by atoms with Gasteiger partial charge in [-0.05, 0) is 30.5 Å². The van der Waals surface area contributed by atoms with E-state index in [0.29, 0.717) is 12.3 Å². The van der Waals surface area contributed by atoms with Crippen LogP contribution in [-0.2, 0) is 14.3 Å². The Labute approximate surface area is 148 Å². The number of carbonyl (C=O) groups is 2. The first-order chi connectivity index (χ1) is 11.5. The number of ether oxygens (including phenoxy) is 2. The molecular formula is C17H19BrN2O4. The van der Waals surface area contributed by atoms with Crippen molar-refractivity contribution in [2.24, 2.45) is 5.92 Å². The van der Waals surface area contributed by atoms with Gasteiger partial charge in [-0.1, -0.05) is 34.6 Å². The normalized spacial score (nSPS) is 26.6. The summed E-state index contributed by atoms with van der Waals surface area (Å²) in [5, 5.41) is 5.35. The second-order valence-corrected chi connectivity index (χ2v) is 6.81. The number of esters is 1. The van der Waals surface area contributed by atoms with Gasteiger partial charge in [0.2, 0.25) is 0 Å². The molecule has 3 unspecified atom stereocenters. The van der Waals surface area contributed by atoms with E-state index >= 15 is 0 Å². The van der Waals surface area contributed by atoms with Crippen molar-refractivity contribution in [3.05, 3.63) is 46.6 Å². The standard InChI is InChI=1S/C17H19BrN2O4/c1-10-14(16(21)24-9-13-3-2-8-23-13)15(20-17(22)19-10)11-4-6-12(18)7-5-11/h4-7,13-15H,1-3,8-9H2,(H2,19,20,22). The van der Waals surface area contributed by atoms with Crippen LogP contribution >= 0.6 is 15.9 Å². The molecule has 2 amide bonds. The van der Waals surface area contributed by atoms with Gasteiger partial charge < -0.3 is 20.1 Å². The molecule has 2 aliphatic heterocycles. The second-order valence-electron chi connectivity index (χ2n) is 5.90. The summed E-state index contributed by atoms with van der Waals surface area (Å²) in [5.74, 6) is -1.11. The molecule has 3 rings (SSSR count). The number of urea groups is 1. The molecule has 0 saturated carbocycles. The van der Waals surface area contributed by atoms with Gasteiger partial charge >= 0.3 is 12.0 Å². The van der Waals surface area contributed by atoms with Crippen molar-refractivity contribution in [3.63, 3.8) is 0 Å². The fourth-order valence-corrected chi connectivity index (χ4v) is 3.21. The van der Waals surface area contributed by atoms with E-state index in [4.69, 9.17) is 9.47 Å². The van der Waals surface area contributed by atoms with Crippen LogP contribution in [0.15, 0.2) is 41.0 Å². The highest BCUT2D eigenvalue weighted by molar-refractivity contribution is 9.10. The van der Waals surface area contributed by atoms with Crippen LogP contribution in [-0.4, -0.2) is 31.3 Å². The summed E-state index contributed by atoms with van der Waals surface area (Å²) in [4.78, 5) is 24.4. The van der Waals surface area contributed by atoms with Crippen molar-refractivity contribution in [3.8, 4) is 0 Å². The van der Waals surface area contributed by atoms with Crippen molar-refractivity contribution >= 4 is 27.9 Å². The molecule has 128 valence electrons. The van der Waals surface area contributed by atoms with Gasteiger partial charge in [0.15, 0.2) is 0 Å². The van der Waals surface area contributed by atoms with Gasteiger partial charge in [0, 0.05) is 16.8 Å². The van der Waals surface area contributed by atoms with Gasteiger partial charge in [-0.25, -0.2) is 4.79 Å². The fourth-order valence-electron chi connectivity index (χ4n) is 2.95. The molecule has 2 saturated heterocycles. The molecule has 0 spiro atoms. The van der Waals surface area contributed by atoms with Crippen LogP contribution in [0.5, 0.6) is 0 Å². The van der Waals surface area contributed by atoms with Crippen LogP contribution in [0.3, 0.4) is 0 Å². The van der Waals surface area contributed by atoms with E-state index in [0.717, 1.165) is 22.9 Å². The van der Waals surface area contributed by atoms with E-state index in [-0.39, 0.29) is 18.7 Å². The molecular weight excluding hydrogens is 376 g/mol. The summed E-state index contributed by atoms with van der Waals surface area (Å²) < 4.78 is 11.8. The van der Waals surface area contributed by atoms with E-state index in [1.54, 1.807) is 0 Å². The zero-order valence-corrected chi connectivity index (χ0v) is 14.7. The number of hydrogen-bond acceptors (Lipinski definition) is 4. The molecule has 0 aromatic heterocycles. The minimum Gasteiger partial charge on any atom is -0.462 e. The average molecular weight is 395 g/mol. The van der Waals surface area contributed by atoms with E-state index in [9.17, 15) is 9.59 Å². The number of benzene rings is 1. The maximum Gasteiger partial charge on any atom is 0.319 e. The lowest BCUT2D eigenvalue weighted by molar-refractivity contribution is -0.151. The van der Waals surface area contributed by atoms with Crippen molar-refractivity contribution < 1.29 is 19.1 Å². The second kappa shape index (κ2) is 7.36. The number of carbonyl (C=O) groups excluding carboxylic acids is 2. The number of halogens is 1. The highest BCUT2D eigenvalue weighted by Gasteiger charge is 2.39. The lowest BCUT2D eigenvalue weighted by atomic mass is 9.89.